The highest BCUT2D eigenvalue weighted by atomic mass is 16.6. The highest BCUT2D eigenvalue weighted by Crippen LogP contribution is 2.77. The van der Waals surface area contributed by atoms with E-state index in [-0.39, 0.29) is 69.5 Å². The molecule has 1 aromatic rings. The van der Waals surface area contributed by atoms with Crippen LogP contribution in [0.2, 0.25) is 0 Å². The smallest absolute Gasteiger partial charge is 0.407 e. The molecule has 8 nitrogen and oxygen atoms in total. The van der Waals surface area contributed by atoms with Gasteiger partial charge in [0.05, 0.1) is 11.8 Å². The third kappa shape index (κ3) is 7.20. The first-order valence-corrected chi connectivity index (χ1v) is 23.1. The Bertz CT molecular complexity index is 1860. The zero-order valence-corrected chi connectivity index (χ0v) is 38.5. The van der Waals surface area contributed by atoms with Gasteiger partial charge in [-0.15, -0.1) is 0 Å². The van der Waals surface area contributed by atoms with Crippen LogP contribution in [-0.2, 0) is 35.2 Å². The molecule has 7 rings (SSSR count). The molecular weight excluding hydrogens is 739 g/mol. The lowest BCUT2D eigenvalue weighted by atomic mass is 9.33. The summed E-state index contributed by atoms with van der Waals surface area (Å²) in [5.41, 5.74) is 2.23. The van der Waals surface area contributed by atoms with E-state index >= 15 is 0 Å². The zero-order chi connectivity index (χ0) is 43.1. The van der Waals surface area contributed by atoms with Gasteiger partial charge in [0, 0.05) is 23.8 Å². The van der Waals surface area contributed by atoms with Crippen LogP contribution in [0.4, 0.5) is 4.79 Å². The van der Waals surface area contributed by atoms with E-state index in [4.69, 9.17) is 14.2 Å². The van der Waals surface area contributed by atoms with E-state index in [9.17, 15) is 19.2 Å². The van der Waals surface area contributed by atoms with Crippen molar-refractivity contribution in [3.8, 4) is 0 Å². The van der Waals surface area contributed by atoms with Crippen molar-refractivity contribution in [3.63, 3.8) is 0 Å². The number of carbonyl (C=O) groups is 4. The van der Waals surface area contributed by atoms with E-state index in [0.29, 0.717) is 42.9 Å². The highest BCUT2D eigenvalue weighted by Gasteiger charge is 2.70. The molecule has 0 aliphatic heterocycles. The van der Waals surface area contributed by atoms with Crippen LogP contribution in [0, 0.1) is 68.0 Å². The summed E-state index contributed by atoms with van der Waals surface area (Å²) in [5.74, 6) is 0.720. The van der Waals surface area contributed by atoms with Crippen LogP contribution in [0.15, 0.2) is 41.5 Å². The average Bonchev–Trinajstić information content (AvgIpc) is 3.43. The maximum atomic E-state index is 14.0. The number of nitrogens with one attached hydrogen (secondary N) is 1. The number of hydrogen-bond donors (Lipinski definition) is 1. The molecule has 8 heteroatoms. The van der Waals surface area contributed by atoms with Crippen molar-refractivity contribution >= 4 is 23.8 Å². The molecule has 0 spiro atoms. The van der Waals surface area contributed by atoms with Crippen LogP contribution >= 0.6 is 0 Å². The fraction of sp³-hybridized carbons (Fsp3) is 0.765. The minimum atomic E-state index is -0.560. The topological polar surface area (TPSA) is 108 Å². The predicted molar refractivity (Wildman–Crippen MR) is 230 cm³/mol. The predicted octanol–water partition coefficient (Wildman–Crippen LogP) is 11.2. The molecule has 0 heterocycles. The molecule has 0 bridgehead atoms. The first-order valence-electron chi connectivity index (χ1n) is 23.1. The van der Waals surface area contributed by atoms with Crippen LogP contribution in [0.3, 0.4) is 0 Å². The average molecular weight is 814 g/mol. The third-order valence-electron chi connectivity index (χ3n) is 18.1. The van der Waals surface area contributed by atoms with E-state index in [1.807, 2.05) is 65.0 Å². The van der Waals surface area contributed by atoms with E-state index in [0.717, 1.165) is 68.9 Å². The molecule has 0 unspecified atom stereocenters. The number of hydrogen-bond acceptors (Lipinski definition) is 7. The van der Waals surface area contributed by atoms with Crippen molar-refractivity contribution in [2.45, 2.75) is 172 Å². The zero-order valence-electron chi connectivity index (χ0n) is 38.5. The van der Waals surface area contributed by atoms with Gasteiger partial charge < -0.3 is 19.5 Å². The van der Waals surface area contributed by atoms with Gasteiger partial charge in [0.15, 0.2) is 5.78 Å². The molecule has 1 amide bonds. The summed E-state index contributed by atoms with van der Waals surface area (Å²) in [6, 6.07) is 9.72. The number of esters is 2. The Morgan fingerprint density at radius 2 is 1.47 bits per heavy atom. The molecular formula is C51H75NO7. The molecule has 1 aromatic carbocycles. The lowest BCUT2D eigenvalue weighted by Gasteiger charge is -2.72. The Morgan fingerprint density at radius 3 is 2.12 bits per heavy atom. The second-order valence-electron chi connectivity index (χ2n) is 23.2. The number of Topliss-reactive ketones (excluding diaryl/α,β-unsaturated/α-hetero) is 1. The van der Waals surface area contributed by atoms with E-state index < -0.39 is 17.1 Å². The molecule has 10 atom stereocenters. The van der Waals surface area contributed by atoms with Crippen molar-refractivity contribution in [2.75, 3.05) is 6.54 Å². The quantitative estimate of drug-likeness (QED) is 0.195. The van der Waals surface area contributed by atoms with Crippen LogP contribution in [0.5, 0.6) is 0 Å². The van der Waals surface area contributed by atoms with Crippen molar-refractivity contribution in [1.82, 2.24) is 5.32 Å². The number of rotatable bonds is 9. The van der Waals surface area contributed by atoms with Gasteiger partial charge in [-0.25, -0.2) is 4.79 Å². The van der Waals surface area contributed by atoms with Gasteiger partial charge in [-0.3, -0.25) is 14.4 Å². The van der Waals surface area contributed by atoms with Crippen LogP contribution in [0.1, 0.15) is 159 Å². The SMILES string of the molecule is CC(C)C1=C2[C@H]3CC[C@@H]4[C@@]5(C)CC[C@H](OC(=O)[C@H]6C[C@@H](C(=O)OCc7ccccc7)C6(C)C)C(C)(C)[C@@H]5CC[C@@]4(C)[C@]3(C)CC[C@@]2(CCNC(=O)OC(C)(C)C)CC1=O. The number of carbonyl (C=O) groups excluding carboxylic acids is 4. The largest absolute Gasteiger partial charge is 0.462 e. The Hall–Kier alpha value is -3.16. The van der Waals surface area contributed by atoms with Gasteiger partial charge in [0.2, 0.25) is 0 Å². The second-order valence-corrected chi connectivity index (χ2v) is 23.2. The fourth-order valence-electron chi connectivity index (χ4n) is 14.7. The Balaban J connectivity index is 1.05. The Labute approximate surface area is 355 Å². The van der Waals surface area contributed by atoms with Crippen molar-refractivity contribution in [2.24, 2.45) is 68.0 Å². The van der Waals surface area contributed by atoms with Crippen LogP contribution < -0.4 is 5.32 Å². The van der Waals surface area contributed by atoms with Gasteiger partial charge in [0.1, 0.15) is 18.3 Å². The number of amides is 1. The number of ether oxygens (including phenoxy) is 3. The van der Waals surface area contributed by atoms with Gasteiger partial charge in [0.25, 0.3) is 0 Å². The molecule has 6 aliphatic carbocycles. The maximum absolute atomic E-state index is 14.0. The molecule has 0 saturated heterocycles. The Morgan fingerprint density at radius 1 is 0.797 bits per heavy atom. The molecule has 0 radical (unpaired) electrons. The van der Waals surface area contributed by atoms with Crippen molar-refractivity contribution in [3.05, 3.63) is 47.0 Å². The monoisotopic (exact) mass is 814 g/mol. The summed E-state index contributed by atoms with van der Waals surface area (Å²) >= 11 is 0. The fourth-order valence-corrected chi connectivity index (χ4v) is 14.7. The number of alkyl carbamates (subject to hydrolysis) is 1. The van der Waals surface area contributed by atoms with Crippen LogP contribution in [-0.4, -0.2) is 42.1 Å². The number of benzene rings is 1. The first-order chi connectivity index (χ1) is 27.4. The summed E-state index contributed by atoms with van der Waals surface area (Å²) in [5, 5.41) is 3.03. The molecule has 1 N–H and O–H groups in total. The highest BCUT2D eigenvalue weighted by molar-refractivity contribution is 6.00. The van der Waals surface area contributed by atoms with Crippen LogP contribution in [0.25, 0.3) is 0 Å². The second kappa shape index (κ2) is 15.0. The number of fused-ring (bicyclic) bond motifs is 7. The summed E-state index contributed by atoms with van der Waals surface area (Å²) in [4.78, 5) is 53.9. The molecule has 5 saturated carbocycles. The van der Waals surface area contributed by atoms with Crippen molar-refractivity contribution < 1.29 is 33.4 Å². The van der Waals surface area contributed by atoms with Crippen molar-refractivity contribution in [1.29, 1.82) is 0 Å². The van der Waals surface area contributed by atoms with Gasteiger partial charge in [-0.2, -0.15) is 0 Å². The molecule has 6 aliphatic rings. The van der Waals surface area contributed by atoms with Gasteiger partial charge >= 0.3 is 18.0 Å². The van der Waals surface area contributed by atoms with E-state index in [1.54, 1.807) is 0 Å². The molecule has 5 fully saturated rings. The summed E-state index contributed by atoms with van der Waals surface area (Å²) in [6.45, 7) is 27.2. The third-order valence-corrected chi connectivity index (χ3v) is 18.1. The molecule has 0 aromatic heterocycles. The summed E-state index contributed by atoms with van der Waals surface area (Å²) in [7, 11) is 0. The summed E-state index contributed by atoms with van der Waals surface area (Å²) in [6.07, 6.45) is 9.61. The Kier molecular flexibility index (Phi) is 11.2. The minimum Gasteiger partial charge on any atom is -0.462 e. The summed E-state index contributed by atoms with van der Waals surface area (Å²) < 4.78 is 17.8. The normalized spacial score (nSPS) is 38.2. The first kappa shape index (κ1) is 43.9. The minimum absolute atomic E-state index is 0.0497. The molecule has 326 valence electrons. The lowest BCUT2D eigenvalue weighted by Crippen LogP contribution is -2.66. The maximum Gasteiger partial charge on any atom is 0.407 e. The number of ketones is 1. The van der Waals surface area contributed by atoms with Gasteiger partial charge in [-0.05, 0) is 141 Å². The standard InChI is InChI=1S/C51H75NO7/c1-31(2)40-36(53)29-51(26-27-52-44(56)59-45(3,4)5)25-24-49(11)33(41(40)51)18-19-38-48(10)22-21-39(47(8,9)37(48)20-23-50(38,49)12)58-43(55)35-28-34(46(35,6)7)42(54)57-30-32-16-14-13-15-17-32/h13-17,31,33-35,37-39H,18-30H2,1-12H3,(H,52,56)/t33-,34+,35-,37+,38-,39+,48+,49-,50-,51-/m1/s1. The van der Waals surface area contributed by atoms with E-state index in [2.05, 4.69) is 53.8 Å². The number of allylic oxidation sites excluding steroid dienone is 2. The van der Waals surface area contributed by atoms with E-state index in [1.165, 1.54) is 5.57 Å². The molecule has 59 heavy (non-hydrogen) atoms. The van der Waals surface area contributed by atoms with Gasteiger partial charge in [-0.1, -0.05) is 98.2 Å². The lowest BCUT2D eigenvalue weighted by molar-refractivity contribution is -0.236.